The Morgan fingerprint density at radius 1 is 0.630 bits per heavy atom. The zero-order valence-corrected chi connectivity index (χ0v) is 27.4. The number of hydrogen-bond donors (Lipinski definition) is 0. The van der Waals surface area contributed by atoms with Gasteiger partial charge in [-0.3, -0.25) is 4.79 Å². The molecule has 0 radical (unpaired) electrons. The van der Waals surface area contributed by atoms with Crippen molar-refractivity contribution in [3.8, 4) is 0 Å². The Labute approximate surface area is 279 Å². The van der Waals surface area contributed by atoms with Gasteiger partial charge < -0.3 is 28.4 Å². The summed E-state index contributed by atoms with van der Waals surface area (Å²) in [4.78, 5) is 14.1. The Hall–Kier alpha value is -3.79. The molecule has 8 heteroatoms. The van der Waals surface area contributed by atoms with Crippen LogP contribution in [0.2, 0.25) is 0 Å². The van der Waals surface area contributed by atoms with Crippen LogP contribution in [-0.2, 0) is 59.6 Å². The Morgan fingerprint density at radius 3 is 1.48 bits per heavy atom. The Balaban J connectivity index is 1.51. The van der Waals surface area contributed by atoms with E-state index in [4.69, 9.17) is 28.4 Å². The largest absolute Gasteiger partial charge is 0.485 e. The molecule has 1 fully saturated rings. The van der Waals surface area contributed by atoms with E-state index < -0.39 is 36.5 Å². The minimum absolute atomic E-state index is 0.183. The third kappa shape index (κ3) is 9.85. The van der Waals surface area contributed by atoms with Crippen LogP contribution in [0.1, 0.15) is 29.2 Å². The van der Waals surface area contributed by atoms with E-state index in [0.29, 0.717) is 19.0 Å². The van der Waals surface area contributed by atoms with Gasteiger partial charge in [-0.1, -0.05) is 137 Å². The minimum Gasteiger partial charge on any atom is -0.485 e. The quantitative estimate of drug-likeness (QED) is 0.127. The van der Waals surface area contributed by atoms with Gasteiger partial charge in [-0.25, -0.2) is 0 Å². The van der Waals surface area contributed by atoms with Gasteiger partial charge in [0.25, 0.3) is 0 Å². The van der Waals surface area contributed by atoms with Crippen molar-refractivity contribution in [1.82, 2.24) is 0 Å². The Bertz CT molecular complexity index is 1490. The molecule has 1 saturated heterocycles. The molecular weight excluding hydrogens is 648 g/mol. The average molecular weight is 688 g/mol. The first-order valence-corrected chi connectivity index (χ1v) is 16.2. The highest BCUT2D eigenvalue weighted by Crippen LogP contribution is 2.34. The van der Waals surface area contributed by atoms with Crippen molar-refractivity contribution in [1.29, 1.82) is 0 Å². The van der Waals surface area contributed by atoms with E-state index in [0.717, 1.165) is 22.3 Å². The van der Waals surface area contributed by atoms with Crippen LogP contribution in [0.4, 0.5) is 0 Å². The van der Waals surface area contributed by atoms with Crippen molar-refractivity contribution in [2.45, 2.75) is 63.9 Å². The molecule has 4 aromatic rings. The maximum Gasteiger partial charge on any atom is 0.303 e. The van der Waals surface area contributed by atoms with E-state index in [9.17, 15) is 4.79 Å². The predicted molar refractivity (Wildman–Crippen MR) is 179 cm³/mol. The monoisotopic (exact) mass is 686 g/mol. The van der Waals surface area contributed by atoms with Crippen molar-refractivity contribution >= 4 is 21.9 Å². The maximum atomic E-state index is 12.5. The van der Waals surface area contributed by atoms with Crippen molar-refractivity contribution in [2.24, 2.45) is 0 Å². The molecule has 0 N–H and O–H groups in total. The highest BCUT2D eigenvalue weighted by Gasteiger charge is 2.49. The van der Waals surface area contributed by atoms with Crippen LogP contribution in [0.3, 0.4) is 0 Å². The average Bonchev–Trinajstić information content (AvgIpc) is 3.20. The van der Waals surface area contributed by atoms with Crippen LogP contribution < -0.4 is 0 Å². The lowest BCUT2D eigenvalue weighted by Gasteiger charge is -2.35. The molecule has 7 nitrogen and oxygen atoms in total. The highest BCUT2D eigenvalue weighted by molar-refractivity contribution is 9.11. The minimum atomic E-state index is -0.927. The summed E-state index contributed by atoms with van der Waals surface area (Å²) >= 11 is 3.47. The van der Waals surface area contributed by atoms with Crippen LogP contribution in [-0.4, -0.2) is 43.1 Å². The first-order valence-electron chi connectivity index (χ1n) is 15.3. The number of halogens is 1. The SMILES string of the molecule is CC(=O)O[C@H]1/C(=C/Br)O[C@H](COCc2ccccc2)[C@@H](OCc2ccccc2)[C@H](OCc2ccccc2)[C@H]1OCc1ccccc1. The van der Waals surface area contributed by atoms with Crippen LogP contribution in [0.25, 0.3) is 0 Å². The standard InChI is InChI=1S/C38H39BrO7/c1-28(40)45-36-33(22-39)46-34(27-41-23-29-14-6-2-7-15-29)35(42-24-30-16-8-3-9-17-30)37(43-25-31-18-10-4-11-19-31)38(36)44-26-32-20-12-5-13-21-32/h2-22,34-38H,23-27H2,1H3/b33-22-/t34-,35-,36+,37+,38+/m1/s1. The van der Waals surface area contributed by atoms with Crippen molar-refractivity contribution in [2.75, 3.05) is 6.61 Å². The second kappa shape index (κ2) is 17.8. The van der Waals surface area contributed by atoms with Gasteiger partial charge in [-0.15, -0.1) is 0 Å². The first kappa shape index (κ1) is 33.6. The van der Waals surface area contributed by atoms with E-state index in [1.807, 2.05) is 121 Å². The molecule has 1 aliphatic heterocycles. The molecule has 1 heterocycles. The molecule has 0 unspecified atom stereocenters. The maximum absolute atomic E-state index is 12.5. The van der Waals surface area contributed by atoms with Crippen LogP contribution >= 0.6 is 15.9 Å². The van der Waals surface area contributed by atoms with Gasteiger partial charge in [-0.2, -0.15) is 0 Å². The van der Waals surface area contributed by atoms with Gasteiger partial charge in [0.2, 0.25) is 0 Å². The number of hydrogen-bond acceptors (Lipinski definition) is 7. The molecule has 0 aliphatic carbocycles. The predicted octanol–water partition coefficient (Wildman–Crippen LogP) is 7.53. The van der Waals surface area contributed by atoms with E-state index in [2.05, 4.69) is 15.9 Å². The molecule has 4 aromatic carbocycles. The van der Waals surface area contributed by atoms with Gasteiger partial charge in [0.1, 0.15) is 24.1 Å². The molecule has 0 bridgehead atoms. The van der Waals surface area contributed by atoms with Gasteiger partial charge in [-0.05, 0) is 22.3 Å². The zero-order chi connectivity index (χ0) is 32.0. The summed E-state index contributed by atoms with van der Waals surface area (Å²) in [5.41, 5.74) is 3.97. The van der Waals surface area contributed by atoms with Crippen molar-refractivity contribution in [3.63, 3.8) is 0 Å². The smallest absolute Gasteiger partial charge is 0.303 e. The molecule has 5 rings (SSSR count). The molecule has 240 valence electrons. The van der Waals surface area contributed by atoms with E-state index in [-0.39, 0.29) is 19.8 Å². The lowest BCUT2D eigenvalue weighted by molar-refractivity contribution is -0.190. The number of rotatable bonds is 14. The highest BCUT2D eigenvalue weighted by atomic mass is 79.9. The molecule has 0 spiro atoms. The molecule has 1 aliphatic rings. The molecule has 46 heavy (non-hydrogen) atoms. The van der Waals surface area contributed by atoms with Crippen LogP contribution in [0.15, 0.2) is 132 Å². The van der Waals surface area contributed by atoms with Gasteiger partial charge in [0.15, 0.2) is 12.2 Å². The second-order valence-electron chi connectivity index (χ2n) is 11.0. The van der Waals surface area contributed by atoms with E-state index in [1.54, 1.807) is 4.99 Å². The molecular formula is C38H39BrO7. The topological polar surface area (TPSA) is 72.5 Å². The summed E-state index contributed by atoms with van der Waals surface area (Å²) in [6, 6.07) is 39.6. The van der Waals surface area contributed by atoms with Crippen molar-refractivity contribution < 1.29 is 33.2 Å². The lowest BCUT2D eigenvalue weighted by Crippen LogP contribution is -2.51. The first-order chi connectivity index (χ1) is 22.6. The van der Waals surface area contributed by atoms with Gasteiger partial charge in [0, 0.05) is 11.9 Å². The van der Waals surface area contributed by atoms with Crippen LogP contribution in [0, 0.1) is 0 Å². The Kier molecular flexibility index (Phi) is 13.0. The summed E-state index contributed by atoms with van der Waals surface area (Å²) in [7, 11) is 0. The third-order valence-corrected chi connectivity index (χ3v) is 7.98. The summed E-state index contributed by atoms with van der Waals surface area (Å²) in [6.07, 6.45) is -3.77. The third-order valence-electron chi connectivity index (χ3n) is 7.53. The van der Waals surface area contributed by atoms with E-state index >= 15 is 0 Å². The number of esters is 1. The normalized spacial score (nSPS) is 22.1. The fourth-order valence-corrected chi connectivity index (χ4v) is 5.67. The van der Waals surface area contributed by atoms with Gasteiger partial charge >= 0.3 is 5.97 Å². The second-order valence-corrected chi connectivity index (χ2v) is 11.4. The number of carbonyl (C=O) groups excluding carboxylic acids is 1. The van der Waals surface area contributed by atoms with Gasteiger partial charge in [0.05, 0.1) is 33.0 Å². The number of ether oxygens (including phenoxy) is 6. The van der Waals surface area contributed by atoms with Crippen LogP contribution in [0.5, 0.6) is 0 Å². The zero-order valence-electron chi connectivity index (χ0n) is 25.8. The molecule has 0 amide bonds. The summed E-state index contributed by atoms with van der Waals surface area (Å²) in [5, 5.41) is 0. The molecule has 0 aromatic heterocycles. The fourth-order valence-electron chi connectivity index (χ4n) is 5.30. The molecule has 0 saturated carbocycles. The summed E-state index contributed by atoms with van der Waals surface area (Å²) in [5.74, 6) is -0.100. The number of benzene rings is 4. The lowest BCUT2D eigenvalue weighted by atomic mass is 9.99. The van der Waals surface area contributed by atoms with E-state index in [1.165, 1.54) is 6.92 Å². The summed E-state index contributed by atoms with van der Waals surface area (Å²) in [6.45, 7) is 2.77. The van der Waals surface area contributed by atoms with Crippen molar-refractivity contribution in [3.05, 3.63) is 154 Å². The molecule has 5 atom stereocenters. The summed E-state index contributed by atoms with van der Waals surface area (Å²) < 4.78 is 38.8. The number of carbonyl (C=O) groups is 1. The Morgan fingerprint density at radius 2 is 1.04 bits per heavy atom. The fraction of sp³-hybridized carbons (Fsp3) is 0.289.